The molecule has 2 N–H and O–H groups in total. The van der Waals surface area contributed by atoms with Crippen LogP contribution in [0.25, 0.3) is 0 Å². The van der Waals surface area contributed by atoms with Gasteiger partial charge in [-0.05, 0) is 58.1 Å². The summed E-state index contributed by atoms with van der Waals surface area (Å²) in [7, 11) is 1.60. The number of ether oxygens (including phenoxy) is 2. The molecule has 1 aromatic heterocycles. The van der Waals surface area contributed by atoms with Crippen LogP contribution >= 0.6 is 0 Å². The van der Waals surface area contributed by atoms with Crippen LogP contribution in [0, 0.1) is 31.6 Å². The van der Waals surface area contributed by atoms with Crippen molar-refractivity contribution in [1.29, 1.82) is 0 Å². The van der Waals surface area contributed by atoms with Gasteiger partial charge in [-0.15, -0.1) is 0 Å². The standard InChI is InChI=1S/C24H30N4O4/c1-5-28-14(3)21(13(2)27-28)25-22(29)19-10-16-7-6-15(19)12-24(16)26-23(30)18-9-8-17(31-4)11-20(18)32-24/h8-9,11,15-16,19H,5-7,10,12H2,1-4H3,(H,25,29)(H,26,30)/t15-,16+,19+,24+/m1/s1. The number of aryl methyl sites for hydroxylation is 2. The molecule has 2 heterocycles. The van der Waals surface area contributed by atoms with Crippen LogP contribution in [0.15, 0.2) is 18.2 Å². The summed E-state index contributed by atoms with van der Waals surface area (Å²) >= 11 is 0. The Kier molecular flexibility index (Phi) is 4.91. The summed E-state index contributed by atoms with van der Waals surface area (Å²) in [6.45, 7) is 6.71. The number of nitrogens with one attached hydrogen (secondary N) is 2. The molecule has 170 valence electrons. The number of carbonyl (C=O) groups is 2. The Bertz CT molecular complexity index is 1090. The van der Waals surface area contributed by atoms with Crippen molar-refractivity contribution in [3.8, 4) is 11.5 Å². The zero-order valence-electron chi connectivity index (χ0n) is 19.0. The number of fused-ring (bicyclic) bond motifs is 3. The molecule has 0 saturated heterocycles. The van der Waals surface area contributed by atoms with Crippen molar-refractivity contribution in [2.45, 2.75) is 58.7 Å². The van der Waals surface area contributed by atoms with Gasteiger partial charge in [-0.1, -0.05) is 0 Å². The Hall–Kier alpha value is -3.03. The van der Waals surface area contributed by atoms with Crippen molar-refractivity contribution >= 4 is 17.5 Å². The number of rotatable bonds is 4. The molecule has 0 radical (unpaired) electrons. The second-order valence-corrected chi connectivity index (χ2v) is 9.24. The maximum atomic E-state index is 13.3. The van der Waals surface area contributed by atoms with Gasteiger partial charge in [0.1, 0.15) is 11.5 Å². The number of nitrogens with zero attached hydrogens (tertiary/aromatic N) is 2. The first-order valence-corrected chi connectivity index (χ1v) is 11.4. The minimum absolute atomic E-state index is 0.0422. The fourth-order valence-corrected chi connectivity index (χ4v) is 5.84. The highest BCUT2D eigenvalue weighted by Gasteiger charge is 2.57. The summed E-state index contributed by atoms with van der Waals surface area (Å²) in [5.74, 6) is 1.25. The highest BCUT2D eigenvalue weighted by Crippen LogP contribution is 2.53. The molecule has 2 aromatic rings. The highest BCUT2D eigenvalue weighted by molar-refractivity contribution is 5.99. The number of aromatic nitrogens is 2. The summed E-state index contributed by atoms with van der Waals surface area (Å²) in [4.78, 5) is 26.2. The lowest BCUT2D eigenvalue weighted by Crippen LogP contribution is -2.66. The van der Waals surface area contributed by atoms with E-state index in [2.05, 4.69) is 15.7 Å². The Balaban J connectivity index is 1.36. The average Bonchev–Trinajstić information content (AvgIpc) is 3.06. The molecule has 32 heavy (non-hydrogen) atoms. The van der Waals surface area contributed by atoms with Gasteiger partial charge in [0, 0.05) is 30.9 Å². The molecule has 8 nitrogen and oxygen atoms in total. The van der Waals surface area contributed by atoms with E-state index < -0.39 is 5.72 Å². The lowest BCUT2D eigenvalue weighted by atomic mass is 9.60. The van der Waals surface area contributed by atoms with Gasteiger partial charge >= 0.3 is 0 Å². The lowest BCUT2D eigenvalue weighted by Gasteiger charge is -2.55. The average molecular weight is 439 g/mol. The molecule has 1 aromatic carbocycles. The zero-order valence-corrected chi connectivity index (χ0v) is 19.0. The largest absolute Gasteiger partial charge is 0.497 e. The van der Waals surface area contributed by atoms with E-state index >= 15 is 0 Å². The fourth-order valence-electron chi connectivity index (χ4n) is 5.84. The third kappa shape index (κ3) is 3.15. The quantitative estimate of drug-likeness (QED) is 0.763. The van der Waals surface area contributed by atoms with E-state index in [0.717, 1.165) is 36.5 Å². The molecular formula is C24H30N4O4. The number of methoxy groups -OCH3 is 1. The Morgan fingerprint density at radius 3 is 2.84 bits per heavy atom. The number of hydrogen-bond donors (Lipinski definition) is 2. The normalized spacial score (nSPS) is 28.1. The van der Waals surface area contributed by atoms with E-state index in [1.165, 1.54) is 0 Å². The zero-order chi connectivity index (χ0) is 22.6. The van der Waals surface area contributed by atoms with E-state index in [1.807, 2.05) is 25.5 Å². The van der Waals surface area contributed by atoms with Crippen LogP contribution in [0.1, 0.15) is 54.4 Å². The van der Waals surface area contributed by atoms with Crippen molar-refractivity contribution in [3.63, 3.8) is 0 Å². The molecule has 4 atom stereocenters. The molecule has 6 rings (SSSR count). The number of benzene rings is 1. The summed E-state index contributed by atoms with van der Waals surface area (Å²) in [6.07, 6.45) is 3.21. The predicted octanol–water partition coefficient (Wildman–Crippen LogP) is 3.42. The SMILES string of the molecule is CCn1nc(C)c(NC(=O)[C@H]2C[C@@H]3CC[C@@H]2C[C@@]32NC(=O)c3ccc(OC)cc3O2)c1C. The lowest BCUT2D eigenvalue weighted by molar-refractivity contribution is -0.142. The summed E-state index contributed by atoms with van der Waals surface area (Å²) in [5.41, 5.74) is 2.39. The Morgan fingerprint density at radius 1 is 1.38 bits per heavy atom. The van der Waals surface area contributed by atoms with Gasteiger partial charge in [-0.2, -0.15) is 5.10 Å². The van der Waals surface area contributed by atoms with Crippen LogP contribution in [-0.4, -0.2) is 34.4 Å². The summed E-state index contributed by atoms with van der Waals surface area (Å²) < 4.78 is 13.7. The Labute approximate surface area is 187 Å². The van der Waals surface area contributed by atoms with Gasteiger partial charge in [0.25, 0.3) is 5.91 Å². The van der Waals surface area contributed by atoms with Gasteiger partial charge in [0.2, 0.25) is 5.91 Å². The molecule has 2 amide bonds. The summed E-state index contributed by atoms with van der Waals surface area (Å²) in [6, 6.07) is 5.27. The van der Waals surface area contributed by atoms with Crippen molar-refractivity contribution in [2.24, 2.45) is 17.8 Å². The monoisotopic (exact) mass is 438 g/mol. The van der Waals surface area contributed by atoms with Crippen LogP contribution in [0.5, 0.6) is 11.5 Å². The van der Waals surface area contributed by atoms with Gasteiger partial charge in [0.05, 0.1) is 29.7 Å². The molecule has 8 heteroatoms. The van der Waals surface area contributed by atoms with Crippen molar-refractivity contribution in [3.05, 3.63) is 35.2 Å². The number of amides is 2. The van der Waals surface area contributed by atoms with Crippen molar-refractivity contribution in [2.75, 3.05) is 12.4 Å². The minimum atomic E-state index is -0.755. The number of carbonyl (C=O) groups excluding carboxylic acids is 2. The van der Waals surface area contributed by atoms with Gasteiger partial charge < -0.3 is 20.1 Å². The smallest absolute Gasteiger partial charge is 0.258 e. The molecule has 3 fully saturated rings. The van der Waals surface area contributed by atoms with Crippen LogP contribution in [0.3, 0.4) is 0 Å². The first kappa shape index (κ1) is 20.8. The summed E-state index contributed by atoms with van der Waals surface area (Å²) in [5, 5.41) is 10.8. The third-order valence-electron chi connectivity index (χ3n) is 7.53. The second kappa shape index (κ2) is 7.53. The van der Waals surface area contributed by atoms with E-state index in [9.17, 15) is 9.59 Å². The molecule has 0 unspecified atom stereocenters. The maximum absolute atomic E-state index is 13.3. The topological polar surface area (TPSA) is 94.5 Å². The van der Waals surface area contributed by atoms with Crippen LogP contribution in [-0.2, 0) is 11.3 Å². The highest BCUT2D eigenvalue weighted by atomic mass is 16.5. The molecule has 1 aliphatic heterocycles. The van der Waals surface area contributed by atoms with Crippen LogP contribution in [0.4, 0.5) is 5.69 Å². The Morgan fingerprint density at radius 2 is 2.19 bits per heavy atom. The predicted molar refractivity (Wildman–Crippen MR) is 119 cm³/mol. The second-order valence-electron chi connectivity index (χ2n) is 9.24. The van der Waals surface area contributed by atoms with Crippen LogP contribution in [0.2, 0.25) is 0 Å². The van der Waals surface area contributed by atoms with Gasteiger partial charge in [-0.3, -0.25) is 14.3 Å². The van der Waals surface area contributed by atoms with E-state index in [-0.39, 0.29) is 29.6 Å². The molecule has 3 aliphatic carbocycles. The molecule has 1 spiro atoms. The molecule has 4 aliphatic rings. The fraction of sp³-hybridized carbons (Fsp3) is 0.542. The first-order valence-electron chi connectivity index (χ1n) is 11.4. The minimum Gasteiger partial charge on any atom is -0.497 e. The molecule has 3 saturated carbocycles. The third-order valence-corrected chi connectivity index (χ3v) is 7.53. The van der Waals surface area contributed by atoms with E-state index in [0.29, 0.717) is 29.9 Å². The first-order chi connectivity index (χ1) is 15.3. The number of hydrogen-bond acceptors (Lipinski definition) is 5. The number of anilines is 1. The molecular weight excluding hydrogens is 408 g/mol. The van der Waals surface area contributed by atoms with E-state index in [1.54, 1.807) is 25.3 Å². The van der Waals surface area contributed by atoms with E-state index in [4.69, 9.17) is 9.47 Å². The molecule has 2 bridgehead atoms. The maximum Gasteiger partial charge on any atom is 0.258 e. The van der Waals surface area contributed by atoms with Crippen molar-refractivity contribution in [1.82, 2.24) is 15.1 Å². The van der Waals surface area contributed by atoms with Gasteiger partial charge in [0.15, 0.2) is 5.72 Å². The van der Waals surface area contributed by atoms with Gasteiger partial charge in [-0.25, -0.2) is 0 Å². The van der Waals surface area contributed by atoms with Crippen LogP contribution < -0.4 is 20.1 Å². The van der Waals surface area contributed by atoms with Crippen molar-refractivity contribution < 1.29 is 19.1 Å².